The number of hydrogen-bond acceptors (Lipinski definition) is 2. The van der Waals surface area contributed by atoms with Gasteiger partial charge in [0.1, 0.15) is 0 Å². The summed E-state index contributed by atoms with van der Waals surface area (Å²) in [5.41, 5.74) is -0.0430. The van der Waals surface area contributed by atoms with Crippen molar-refractivity contribution < 1.29 is 13.5 Å². The fourth-order valence-corrected chi connectivity index (χ4v) is 3.26. The first kappa shape index (κ1) is 13.2. The molecule has 1 N–H and O–H groups in total. The molecule has 0 radical (unpaired) electrons. The molecule has 0 aromatic rings. The summed E-state index contributed by atoms with van der Waals surface area (Å²) in [6, 6.07) is 0.287. The number of nitrogens with one attached hydrogen (secondary N) is 1. The van der Waals surface area contributed by atoms with Crippen LogP contribution in [0.3, 0.4) is 0 Å². The molecule has 2 rings (SSSR count). The van der Waals surface area contributed by atoms with Crippen molar-refractivity contribution in [3.8, 4) is 0 Å². The van der Waals surface area contributed by atoms with Crippen LogP contribution in [0.4, 0.5) is 8.78 Å². The topological polar surface area (TPSA) is 21.3 Å². The van der Waals surface area contributed by atoms with E-state index < -0.39 is 6.43 Å². The van der Waals surface area contributed by atoms with Gasteiger partial charge in [0.05, 0.1) is 12.2 Å². The molecule has 0 bridgehead atoms. The van der Waals surface area contributed by atoms with Gasteiger partial charge in [-0.3, -0.25) is 0 Å². The van der Waals surface area contributed by atoms with Crippen molar-refractivity contribution in [3.05, 3.63) is 0 Å². The number of alkyl halides is 2. The highest BCUT2D eigenvalue weighted by molar-refractivity contribution is 4.97. The average Bonchev–Trinajstić information content (AvgIpc) is 2.32. The highest BCUT2D eigenvalue weighted by Gasteiger charge is 2.42. The molecule has 1 unspecified atom stereocenters. The Kier molecular flexibility index (Phi) is 4.74. The number of halogens is 2. The molecule has 1 saturated heterocycles. The number of morpholine rings is 1. The Morgan fingerprint density at radius 1 is 1.24 bits per heavy atom. The lowest BCUT2D eigenvalue weighted by atomic mass is 9.76. The van der Waals surface area contributed by atoms with Crippen LogP contribution in [0, 0.1) is 0 Å². The maximum absolute atomic E-state index is 12.2. The van der Waals surface area contributed by atoms with E-state index in [0.717, 1.165) is 32.4 Å². The van der Waals surface area contributed by atoms with Crippen LogP contribution in [-0.2, 0) is 4.74 Å². The zero-order valence-electron chi connectivity index (χ0n) is 10.4. The third-order valence-electron chi connectivity index (χ3n) is 4.13. The quantitative estimate of drug-likeness (QED) is 0.824. The molecule has 4 heteroatoms. The minimum absolute atomic E-state index is 0.0221. The summed E-state index contributed by atoms with van der Waals surface area (Å²) >= 11 is 0. The van der Waals surface area contributed by atoms with E-state index in [9.17, 15) is 8.78 Å². The molecule has 1 spiro atoms. The van der Waals surface area contributed by atoms with E-state index in [2.05, 4.69) is 5.32 Å². The molecule has 100 valence electrons. The molecule has 2 nitrogen and oxygen atoms in total. The van der Waals surface area contributed by atoms with Crippen LogP contribution >= 0.6 is 0 Å². The van der Waals surface area contributed by atoms with Gasteiger partial charge in [-0.15, -0.1) is 0 Å². The van der Waals surface area contributed by atoms with Gasteiger partial charge in [0, 0.05) is 19.0 Å². The van der Waals surface area contributed by atoms with Crippen LogP contribution in [0.25, 0.3) is 0 Å². The molecule has 0 aromatic carbocycles. The third kappa shape index (κ3) is 3.38. The van der Waals surface area contributed by atoms with Crippen LogP contribution in [0.2, 0.25) is 0 Å². The Morgan fingerprint density at radius 3 is 2.71 bits per heavy atom. The Balaban J connectivity index is 1.87. The van der Waals surface area contributed by atoms with Crippen molar-refractivity contribution in [2.75, 3.05) is 13.2 Å². The van der Waals surface area contributed by atoms with Crippen LogP contribution in [0.5, 0.6) is 0 Å². The van der Waals surface area contributed by atoms with Gasteiger partial charge < -0.3 is 10.1 Å². The molecular formula is C13H23F2NO. The molecular weight excluding hydrogens is 224 g/mol. The van der Waals surface area contributed by atoms with E-state index in [1.54, 1.807) is 0 Å². The summed E-state index contributed by atoms with van der Waals surface area (Å²) in [4.78, 5) is 0. The summed E-state index contributed by atoms with van der Waals surface area (Å²) in [7, 11) is 0. The molecule has 1 aliphatic carbocycles. The zero-order chi connectivity index (χ0) is 12.1. The highest BCUT2D eigenvalue weighted by atomic mass is 19.3. The lowest BCUT2D eigenvalue weighted by molar-refractivity contribution is -0.119. The first-order valence-corrected chi connectivity index (χ1v) is 6.88. The van der Waals surface area contributed by atoms with Gasteiger partial charge in [-0.2, -0.15) is 0 Å². The van der Waals surface area contributed by atoms with E-state index in [0.29, 0.717) is 6.42 Å². The predicted molar refractivity (Wildman–Crippen MR) is 63.4 cm³/mol. The summed E-state index contributed by atoms with van der Waals surface area (Å²) in [6.45, 7) is 1.63. The van der Waals surface area contributed by atoms with Crippen molar-refractivity contribution in [2.45, 2.75) is 69.4 Å². The Hall–Kier alpha value is -0.220. The minimum atomic E-state index is -2.16. The Morgan fingerprint density at radius 2 is 2.00 bits per heavy atom. The lowest BCUT2D eigenvalue weighted by Crippen LogP contribution is -2.58. The van der Waals surface area contributed by atoms with Crippen LogP contribution in [0.15, 0.2) is 0 Å². The van der Waals surface area contributed by atoms with E-state index >= 15 is 0 Å². The lowest BCUT2D eigenvalue weighted by Gasteiger charge is -2.47. The van der Waals surface area contributed by atoms with Gasteiger partial charge in [0.2, 0.25) is 6.43 Å². The first-order valence-electron chi connectivity index (χ1n) is 6.88. The molecule has 1 aliphatic heterocycles. The van der Waals surface area contributed by atoms with Crippen molar-refractivity contribution in [1.82, 2.24) is 5.32 Å². The molecule has 1 atom stereocenters. The van der Waals surface area contributed by atoms with E-state index in [4.69, 9.17) is 4.74 Å². The summed E-state index contributed by atoms with van der Waals surface area (Å²) < 4.78 is 30.4. The maximum Gasteiger partial charge on any atom is 0.238 e. The third-order valence-corrected chi connectivity index (χ3v) is 4.13. The molecule has 0 aromatic heterocycles. The monoisotopic (exact) mass is 247 g/mol. The maximum atomic E-state index is 12.2. The summed E-state index contributed by atoms with van der Waals surface area (Å²) in [5.74, 6) is 0. The standard InChI is InChI=1S/C13H23F2NO/c14-12(15)6-4-5-11-13(17-10-9-16-11)7-2-1-3-8-13/h11-12,16H,1-10H2. The Labute approximate surface area is 102 Å². The summed E-state index contributed by atoms with van der Waals surface area (Å²) in [5, 5.41) is 3.48. The summed E-state index contributed by atoms with van der Waals surface area (Å²) in [6.07, 6.45) is 5.19. The van der Waals surface area contributed by atoms with Crippen molar-refractivity contribution >= 4 is 0 Å². The van der Waals surface area contributed by atoms with Gasteiger partial charge in [-0.1, -0.05) is 19.3 Å². The predicted octanol–water partition coefficient (Wildman–Crippen LogP) is 3.11. The van der Waals surface area contributed by atoms with E-state index in [-0.39, 0.29) is 18.1 Å². The smallest absolute Gasteiger partial charge is 0.238 e. The molecule has 1 heterocycles. The molecule has 17 heavy (non-hydrogen) atoms. The average molecular weight is 247 g/mol. The molecule has 2 fully saturated rings. The van der Waals surface area contributed by atoms with E-state index in [1.807, 2.05) is 0 Å². The second kappa shape index (κ2) is 6.10. The van der Waals surface area contributed by atoms with E-state index in [1.165, 1.54) is 19.3 Å². The second-order valence-electron chi connectivity index (χ2n) is 5.30. The Bertz CT molecular complexity index is 221. The van der Waals surface area contributed by atoms with Crippen LogP contribution in [-0.4, -0.2) is 31.2 Å². The van der Waals surface area contributed by atoms with Gasteiger partial charge in [0.15, 0.2) is 0 Å². The van der Waals surface area contributed by atoms with Crippen molar-refractivity contribution in [3.63, 3.8) is 0 Å². The van der Waals surface area contributed by atoms with Gasteiger partial charge in [0.25, 0.3) is 0 Å². The second-order valence-corrected chi connectivity index (χ2v) is 5.30. The van der Waals surface area contributed by atoms with Gasteiger partial charge in [-0.05, 0) is 25.7 Å². The molecule has 1 saturated carbocycles. The molecule has 2 aliphatic rings. The van der Waals surface area contributed by atoms with Crippen LogP contribution < -0.4 is 5.32 Å². The van der Waals surface area contributed by atoms with Gasteiger partial charge >= 0.3 is 0 Å². The van der Waals surface area contributed by atoms with Gasteiger partial charge in [-0.25, -0.2) is 8.78 Å². The van der Waals surface area contributed by atoms with Crippen LogP contribution in [0.1, 0.15) is 51.4 Å². The largest absolute Gasteiger partial charge is 0.372 e. The fraction of sp³-hybridized carbons (Fsp3) is 1.00. The number of ether oxygens (including phenoxy) is 1. The number of rotatable bonds is 4. The van der Waals surface area contributed by atoms with Crippen molar-refractivity contribution in [2.24, 2.45) is 0 Å². The SMILES string of the molecule is FC(F)CCCC1NCCOC12CCCCC2. The normalized spacial score (nSPS) is 28.8. The minimum Gasteiger partial charge on any atom is -0.372 e. The van der Waals surface area contributed by atoms with Crippen molar-refractivity contribution in [1.29, 1.82) is 0 Å². The zero-order valence-corrected chi connectivity index (χ0v) is 10.4. The fourth-order valence-electron chi connectivity index (χ4n) is 3.26. The highest BCUT2D eigenvalue weighted by Crippen LogP contribution is 2.37. The first-order chi connectivity index (χ1) is 8.23. The molecule has 0 amide bonds. The number of hydrogen-bond donors (Lipinski definition) is 1.